The molecule has 11 nitrogen and oxygen atoms in total. The van der Waals surface area contributed by atoms with Crippen LogP contribution in [0.4, 0.5) is 28.9 Å². The number of rotatable bonds is 18. The van der Waals surface area contributed by atoms with Crippen LogP contribution in [0.25, 0.3) is 17.0 Å². The summed E-state index contributed by atoms with van der Waals surface area (Å²) in [4.78, 5) is 28.6. The lowest BCUT2D eigenvalue weighted by Gasteiger charge is -2.15. The van der Waals surface area contributed by atoms with Crippen LogP contribution in [0.1, 0.15) is 91.9 Å². The molecule has 2 aliphatic rings. The van der Waals surface area contributed by atoms with E-state index in [-0.39, 0.29) is 30.5 Å². The summed E-state index contributed by atoms with van der Waals surface area (Å²) in [5.74, 6) is 5.85. The van der Waals surface area contributed by atoms with Crippen molar-refractivity contribution in [2.75, 3.05) is 37.8 Å². The molecule has 2 aromatic carbocycles. The number of aryl methyl sites for hydroxylation is 1. The van der Waals surface area contributed by atoms with Gasteiger partial charge < -0.3 is 36.0 Å². The van der Waals surface area contributed by atoms with Gasteiger partial charge in [0.25, 0.3) is 5.91 Å². The van der Waals surface area contributed by atoms with Gasteiger partial charge in [-0.2, -0.15) is 13.2 Å². The molecule has 0 spiro atoms. The van der Waals surface area contributed by atoms with Crippen molar-refractivity contribution >= 4 is 53.1 Å². The summed E-state index contributed by atoms with van der Waals surface area (Å²) in [7, 11) is 0.0787. The Labute approximate surface area is 365 Å². The second kappa shape index (κ2) is 21.4. The van der Waals surface area contributed by atoms with Crippen molar-refractivity contribution in [3.8, 4) is 17.6 Å². The lowest BCUT2D eigenvalue weighted by atomic mass is 9.96. The number of nitrogens with two attached hydrogens (primary N) is 1. The molecule has 3 aromatic heterocycles. The summed E-state index contributed by atoms with van der Waals surface area (Å²) < 4.78 is 65.9. The first kappa shape index (κ1) is 45.9. The van der Waals surface area contributed by atoms with E-state index in [1.54, 1.807) is 51.4 Å². The van der Waals surface area contributed by atoms with Crippen molar-refractivity contribution < 1.29 is 36.3 Å². The molecule has 6 N–H and O–H groups in total. The molecular weight excluding hydrogens is 811 g/mol. The number of aromatic amines is 1. The summed E-state index contributed by atoms with van der Waals surface area (Å²) in [6, 6.07) is 19.0. The van der Waals surface area contributed by atoms with E-state index < -0.39 is 20.0 Å². The third-order valence-corrected chi connectivity index (χ3v) is 10.8. The monoisotopic (exact) mass is 865 g/mol. The third-order valence-electron chi connectivity index (χ3n) is 10.8. The van der Waals surface area contributed by atoms with Crippen LogP contribution in [0.2, 0.25) is 0 Å². The second-order valence-corrected chi connectivity index (χ2v) is 15.0. The van der Waals surface area contributed by atoms with Crippen molar-refractivity contribution in [2.24, 2.45) is 0 Å². The van der Waals surface area contributed by atoms with Crippen LogP contribution in [0, 0.1) is 11.8 Å². The van der Waals surface area contributed by atoms with Gasteiger partial charge in [0.2, 0.25) is 11.6 Å². The molecule has 5 heterocycles. The van der Waals surface area contributed by atoms with E-state index in [0.717, 1.165) is 71.6 Å². The van der Waals surface area contributed by atoms with E-state index in [1.807, 2.05) is 62.5 Å². The van der Waals surface area contributed by atoms with E-state index in [1.165, 1.54) is 7.11 Å². The molecule has 5 aromatic rings. The van der Waals surface area contributed by atoms with Gasteiger partial charge in [0, 0.05) is 72.0 Å². The number of nitrogen functional groups attached to an aromatic ring is 1. The molecule has 0 saturated heterocycles. The van der Waals surface area contributed by atoms with E-state index in [2.05, 4.69) is 32.8 Å². The minimum atomic E-state index is -4.43. The van der Waals surface area contributed by atoms with Gasteiger partial charge in [-0.1, -0.05) is 51.5 Å². The van der Waals surface area contributed by atoms with Gasteiger partial charge in [0.05, 0.1) is 30.6 Å². The van der Waals surface area contributed by atoms with Crippen molar-refractivity contribution in [1.29, 1.82) is 0 Å². The molecule has 0 unspecified atom stereocenters. The number of carbonyl (C=O) groups excluding carboxylic acids is 2. The Kier molecular flexibility index (Phi) is 15.6. The highest BCUT2D eigenvalue weighted by atomic mass is 19.4. The maximum absolute atomic E-state index is 15.9. The molecule has 0 fully saturated rings. The zero-order chi connectivity index (χ0) is 44.9. The van der Waals surface area contributed by atoms with Gasteiger partial charge in [-0.05, 0) is 85.8 Å². The normalized spacial score (nSPS) is 12.8. The fourth-order valence-corrected chi connectivity index (χ4v) is 7.72. The smallest absolute Gasteiger partial charge is 0.495 e. The number of aromatic nitrogens is 3. The zero-order valence-electron chi connectivity index (χ0n) is 35.9. The first-order valence-electron chi connectivity index (χ1n) is 21.4. The van der Waals surface area contributed by atoms with Crippen molar-refractivity contribution in [1.82, 2.24) is 24.7 Å². The summed E-state index contributed by atoms with van der Waals surface area (Å²) in [5, 5.41) is 9.57. The molecule has 16 heteroatoms. The molecule has 0 bridgehead atoms. The van der Waals surface area contributed by atoms with E-state index in [9.17, 15) is 22.8 Å². The Balaban J connectivity index is 0.00000326. The zero-order valence-corrected chi connectivity index (χ0v) is 35.9. The molecule has 330 valence electrons. The van der Waals surface area contributed by atoms with Crippen LogP contribution >= 0.6 is 0 Å². The minimum absolute atomic E-state index is 0.0543. The molecule has 0 aliphatic carbocycles. The Morgan fingerprint density at radius 3 is 2.43 bits per heavy atom. The molecule has 63 heavy (non-hydrogen) atoms. The molecule has 2 aliphatic heterocycles. The number of hydrogen-bond donors (Lipinski definition) is 5. The molecule has 0 radical (unpaired) electrons. The number of methoxy groups -OCH3 is 1. The number of unbranched alkanes of at least 4 members (excludes halogenated alkanes) is 5. The quantitative estimate of drug-likeness (QED) is 0.0198. The van der Waals surface area contributed by atoms with E-state index in [4.69, 9.17) is 10.5 Å². The Morgan fingerprint density at radius 2 is 1.70 bits per heavy atom. The minimum Gasteiger partial charge on any atom is -0.495 e. The highest BCUT2D eigenvalue weighted by Gasteiger charge is 2.48. The highest BCUT2D eigenvalue weighted by molar-refractivity contribution is 6.43. The lowest BCUT2D eigenvalue weighted by Crippen LogP contribution is -2.40. The van der Waals surface area contributed by atoms with Crippen molar-refractivity contribution in [3.05, 3.63) is 119 Å². The predicted molar refractivity (Wildman–Crippen MR) is 242 cm³/mol. The lowest BCUT2D eigenvalue weighted by molar-refractivity contribution is -0.333. The number of carbonyl (C=O) groups is 2. The Bertz CT molecular complexity index is 2540. The van der Waals surface area contributed by atoms with Gasteiger partial charge in [-0.15, -0.1) is 0 Å². The van der Waals surface area contributed by atoms with Crippen LogP contribution < -0.4 is 26.4 Å². The first-order chi connectivity index (χ1) is 30.5. The van der Waals surface area contributed by atoms with Crippen LogP contribution in [0.5, 0.6) is 5.75 Å². The van der Waals surface area contributed by atoms with Crippen LogP contribution in [0.15, 0.2) is 90.8 Å². The second-order valence-electron chi connectivity index (χ2n) is 15.0. The fraction of sp³-hybridized carbons (Fsp3) is 0.340. The number of anilines is 2. The Hall–Kier alpha value is -6.63. The molecule has 0 saturated carbocycles. The number of hydrogen-bond acceptors (Lipinski definition) is 5. The molecule has 0 atom stereocenters. The molecular formula is C47H54BF4N8O3+. The largest absolute Gasteiger partial charge is 0.846 e. The summed E-state index contributed by atoms with van der Waals surface area (Å²) >= 11 is 0. The standard InChI is InChI=1S/C45H47BF4N8O3.C2H6/c1-61-42-27-31(15-20-39(42)53-25-9-11-33-29-36-37(51)12-8-14-40(36)56(33)30-45(47,48)49)44(60)55-24-7-5-3-2-4-6-23-54-43(59)22-19-32-16-17-34-28-35-18-21-41(38-13-10-26-52-38)58(35)46(50)57(32)34;1-2/h8,10,12-18,20-21,26-29H,2-7,19,22-25,30,51H2,1H3,(H3,53,54,55,59,60);1-2H3/p+1. The van der Waals surface area contributed by atoms with Gasteiger partial charge in [-0.3, -0.25) is 14.1 Å². The average molecular weight is 866 g/mol. The number of H-pyrrole nitrogens is 1. The van der Waals surface area contributed by atoms with Crippen molar-refractivity contribution in [3.63, 3.8) is 0 Å². The van der Waals surface area contributed by atoms with Crippen molar-refractivity contribution in [2.45, 2.75) is 77.9 Å². The molecule has 7 rings (SSSR count). The number of nitrogens with zero attached hydrogens (tertiary/aromatic N) is 3. The number of allylic oxidation sites excluding steroid dienone is 2. The molecule has 2 amide bonds. The van der Waals surface area contributed by atoms with Gasteiger partial charge in [0.15, 0.2) is 5.70 Å². The van der Waals surface area contributed by atoms with Gasteiger partial charge in [0.1, 0.15) is 18.0 Å². The summed E-state index contributed by atoms with van der Waals surface area (Å²) in [5.41, 5.74) is 11.9. The maximum atomic E-state index is 15.9. The van der Waals surface area contributed by atoms with E-state index in [0.29, 0.717) is 53.1 Å². The van der Waals surface area contributed by atoms with Crippen LogP contribution in [-0.2, 0) is 17.8 Å². The number of fused-ring (bicyclic) bond motifs is 3. The van der Waals surface area contributed by atoms with Gasteiger partial charge in [-0.25, -0.2) is 8.80 Å². The maximum Gasteiger partial charge on any atom is 0.846 e. The highest BCUT2D eigenvalue weighted by Crippen LogP contribution is 2.30. The van der Waals surface area contributed by atoms with Crippen LogP contribution in [0.3, 0.4) is 0 Å². The SMILES string of the molecule is CC.COc1cc(C(=O)NCCCCCCCCNC(=O)CCc2ccc3n2B(F)[N+]2=C(c4ccc[nH]4)C=CC2=C3)ccc1NCC#Cc1cc2c(N)cccc2n1CC(F)(F)F. The third kappa shape index (κ3) is 11.5. The fourth-order valence-electron chi connectivity index (χ4n) is 7.72. The predicted octanol–water partition coefficient (Wildman–Crippen LogP) is 8.46. The number of halogens is 4. The topological polar surface area (TPSA) is 134 Å². The Morgan fingerprint density at radius 1 is 0.937 bits per heavy atom. The summed E-state index contributed by atoms with van der Waals surface area (Å²) in [6.45, 7) is 4.04. The number of nitrogens with one attached hydrogen (secondary N) is 4. The summed E-state index contributed by atoms with van der Waals surface area (Å²) in [6.07, 6.45) is 9.52. The number of ether oxygens (including phenoxy) is 1. The van der Waals surface area contributed by atoms with Gasteiger partial charge >= 0.3 is 13.4 Å². The average Bonchev–Trinajstić information content (AvgIpc) is 4.10. The van der Waals surface area contributed by atoms with E-state index >= 15 is 4.32 Å². The number of amides is 2. The number of alkyl halides is 3. The number of benzene rings is 2. The first-order valence-corrected chi connectivity index (χ1v) is 21.4. The van der Waals surface area contributed by atoms with Crippen LogP contribution in [-0.4, -0.2) is 76.2 Å².